The summed E-state index contributed by atoms with van der Waals surface area (Å²) in [5.74, 6) is 8.13. The molecule has 6 aliphatic rings. The van der Waals surface area contributed by atoms with Crippen molar-refractivity contribution in [3.05, 3.63) is 48.6 Å². The van der Waals surface area contributed by atoms with Gasteiger partial charge < -0.3 is 5.11 Å². The Labute approximate surface area is 196 Å². The van der Waals surface area contributed by atoms with Crippen molar-refractivity contribution >= 4 is 0 Å². The van der Waals surface area contributed by atoms with Gasteiger partial charge in [-0.05, 0) is 103 Å². The molecule has 0 aliphatic heterocycles. The van der Waals surface area contributed by atoms with E-state index in [1.807, 2.05) is 0 Å². The quantitative estimate of drug-likeness (QED) is 0.481. The summed E-state index contributed by atoms with van der Waals surface area (Å²) < 4.78 is 0. The Kier molecular flexibility index (Phi) is 5.77. The monoisotopic (exact) mass is 432 g/mol. The van der Waals surface area contributed by atoms with Crippen molar-refractivity contribution < 1.29 is 5.11 Å². The number of aliphatic hydroxyl groups is 1. The van der Waals surface area contributed by atoms with Crippen LogP contribution in [0.1, 0.15) is 71.1 Å². The molecule has 32 heavy (non-hydrogen) atoms. The van der Waals surface area contributed by atoms with Gasteiger partial charge in [-0.2, -0.15) is 0 Å². The molecule has 10 atom stereocenters. The second kappa shape index (κ2) is 8.61. The van der Waals surface area contributed by atoms with E-state index in [0.717, 1.165) is 65.6 Å². The van der Waals surface area contributed by atoms with Gasteiger partial charge in [-0.25, -0.2) is 0 Å². The van der Waals surface area contributed by atoms with Crippen LogP contribution in [0.2, 0.25) is 0 Å². The van der Waals surface area contributed by atoms with Crippen LogP contribution < -0.4 is 0 Å². The van der Waals surface area contributed by atoms with Crippen molar-refractivity contribution in [2.45, 2.75) is 71.1 Å². The Morgan fingerprint density at radius 2 is 1.03 bits per heavy atom. The van der Waals surface area contributed by atoms with Crippen LogP contribution in [0.25, 0.3) is 0 Å². The van der Waals surface area contributed by atoms with E-state index in [-0.39, 0.29) is 0 Å². The minimum absolute atomic E-state index is 0.327. The molecule has 10 unspecified atom stereocenters. The molecule has 0 saturated heterocycles. The summed E-state index contributed by atoms with van der Waals surface area (Å²) in [6.07, 6.45) is 33.6. The van der Waals surface area contributed by atoms with Crippen LogP contribution in [-0.4, -0.2) is 11.7 Å². The van der Waals surface area contributed by atoms with Gasteiger partial charge in [0.2, 0.25) is 0 Å². The maximum Gasteiger partial charge on any atom is 0.0431 e. The Morgan fingerprint density at radius 1 is 0.625 bits per heavy atom. The standard InChI is InChI=1S/C31H44O/c1-31(19-10-20-32,29-25-15-6-2-11-21(25)22-12-3-7-16-26(22)29)30-27-17-8-4-13-23(27)24-14-5-9-18-28(24)30/h2,4,6,8,11,13,15,17,21-30,32H,3,5,7,9-10,12,14,16,18-20H2,1H3. The van der Waals surface area contributed by atoms with Gasteiger partial charge in [0.25, 0.3) is 0 Å². The molecule has 0 aromatic rings. The Morgan fingerprint density at radius 3 is 1.47 bits per heavy atom. The molecule has 0 bridgehead atoms. The van der Waals surface area contributed by atoms with Gasteiger partial charge >= 0.3 is 0 Å². The average Bonchev–Trinajstić information content (AvgIpc) is 3.37. The third-order valence-electron chi connectivity index (χ3n) is 11.3. The predicted octanol–water partition coefficient (Wildman–Crippen LogP) is 7.35. The molecule has 1 heteroatoms. The van der Waals surface area contributed by atoms with Gasteiger partial charge in [0.1, 0.15) is 0 Å². The Balaban J connectivity index is 1.44. The van der Waals surface area contributed by atoms with Crippen LogP contribution >= 0.6 is 0 Å². The maximum atomic E-state index is 9.99. The first-order valence-electron chi connectivity index (χ1n) is 14.0. The molecule has 1 N–H and O–H groups in total. The highest BCUT2D eigenvalue weighted by molar-refractivity contribution is 5.26. The van der Waals surface area contributed by atoms with E-state index >= 15 is 0 Å². The lowest BCUT2D eigenvalue weighted by Crippen LogP contribution is -2.45. The minimum atomic E-state index is 0.327. The molecule has 6 rings (SSSR count). The third kappa shape index (κ3) is 3.20. The molecule has 0 amide bonds. The fourth-order valence-corrected chi connectivity index (χ4v) is 10.5. The van der Waals surface area contributed by atoms with E-state index in [1.54, 1.807) is 0 Å². The van der Waals surface area contributed by atoms with E-state index in [9.17, 15) is 5.11 Å². The van der Waals surface area contributed by atoms with E-state index in [4.69, 9.17) is 0 Å². The van der Waals surface area contributed by atoms with Crippen LogP contribution in [0.15, 0.2) is 48.6 Å². The normalized spacial score (nSPS) is 48.1. The fraction of sp³-hybridized carbons (Fsp3) is 0.742. The number of hydrogen-bond acceptors (Lipinski definition) is 1. The van der Waals surface area contributed by atoms with E-state index in [1.165, 1.54) is 57.8 Å². The molecule has 4 saturated carbocycles. The van der Waals surface area contributed by atoms with Gasteiger partial charge in [0.05, 0.1) is 0 Å². The largest absolute Gasteiger partial charge is 0.396 e. The van der Waals surface area contributed by atoms with Gasteiger partial charge in [0, 0.05) is 6.61 Å². The lowest BCUT2D eigenvalue weighted by Gasteiger charge is -2.51. The number of aliphatic hydroxyl groups excluding tert-OH is 1. The number of hydrogen-bond donors (Lipinski definition) is 1. The lowest BCUT2D eigenvalue weighted by molar-refractivity contribution is -0.0232. The predicted molar refractivity (Wildman–Crippen MR) is 133 cm³/mol. The first-order valence-corrected chi connectivity index (χ1v) is 14.0. The van der Waals surface area contributed by atoms with Crippen molar-refractivity contribution in [1.82, 2.24) is 0 Å². The summed E-state index contributed by atoms with van der Waals surface area (Å²) in [4.78, 5) is 0. The highest BCUT2D eigenvalue weighted by Crippen LogP contribution is 2.68. The van der Waals surface area contributed by atoms with Gasteiger partial charge in [-0.3, -0.25) is 0 Å². The maximum absolute atomic E-state index is 9.99. The molecule has 0 aromatic carbocycles. The summed E-state index contributed by atoms with van der Waals surface area (Å²) >= 11 is 0. The minimum Gasteiger partial charge on any atom is -0.396 e. The smallest absolute Gasteiger partial charge is 0.0431 e. The summed E-state index contributed by atoms with van der Waals surface area (Å²) in [7, 11) is 0. The fourth-order valence-electron chi connectivity index (χ4n) is 10.5. The van der Waals surface area contributed by atoms with Crippen LogP contribution in [0.5, 0.6) is 0 Å². The molecule has 174 valence electrons. The second-order valence-corrected chi connectivity index (χ2v) is 12.5. The molecular formula is C31H44O. The zero-order chi connectivity index (χ0) is 21.7. The Bertz CT molecular complexity index is 741. The zero-order valence-corrected chi connectivity index (χ0v) is 20.1. The highest BCUT2D eigenvalue weighted by Gasteiger charge is 2.62. The van der Waals surface area contributed by atoms with Crippen molar-refractivity contribution in [3.63, 3.8) is 0 Å². The van der Waals surface area contributed by atoms with E-state index < -0.39 is 0 Å². The summed E-state index contributed by atoms with van der Waals surface area (Å²) in [6, 6.07) is 0. The number of rotatable bonds is 5. The first kappa shape index (κ1) is 21.5. The van der Waals surface area contributed by atoms with Crippen molar-refractivity contribution in [2.75, 3.05) is 6.61 Å². The van der Waals surface area contributed by atoms with Gasteiger partial charge in [-0.15, -0.1) is 0 Å². The van der Waals surface area contributed by atoms with E-state index in [2.05, 4.69) is 55.5 Å². The molecule has 4 fully saturated rings. The summed E-state index contributed by atoms with van der Waals surface area (Å²) in [5.41, 5.74) is 0.327. The van der Waals surface area contributed by atoms with Gasteiger partial charge in [-0.1, -0.05) is 81.2 Å². The molecule has 0 radical (unpaired) electrons. The summed E-state index contributed by atoms with van der Waals surface area (Å²) in [5, 5.41) is 9.99. The second-order valence-electron chi connectivity index (χ2n) is 12.5. The topological polar surface area (TPSA) is 20.2 Å². The molecule has 1 nitrogen and oxygen atoms in total. The number of fused-ring (bicyclic) bond motifs is 6. The zero-order valence-electron chi connectivity index (χ0n) is 20.1. The van der Waals surface area contributed by atoms with Crippen molar-refractivity contribution in [1.29, 1.82) is 0 Å². The third-order valence-corrected chi connectivity index (χ3v) is 11.3. The molecule has 0 spiro atoms. The molecule has 0 aromatic heterocycles. The van der Waals surface area contributed by atoms with Crippen molar-refractivity contribution in [2.24, 2.45) is 64.6 Å². The van der Waals surface area contributed by atoms with Crippen LogP contribution in [0, 0.1) is 64.6 Å². The van der Waals surface area contributed by atoms with Crippen LogP contribution in [0.3, 0.4) is 0 Å². The molecule has 6 aliphatic carbocycles. The molecule has 0 heterocycles. The number of allylic oxidation sites excluding steroid dienone is 8. The summed E-state index contributed by atoms with van der Waals surface area (Å²) in [6.45, 7) is 3.07. The molecular weight excluding hydrogens is 388 g/mol. The first-order chi connectivity index (χ1) is 15.7. The SMILES string of the molecule is CC(CCCO)(C1C2C=CC=CC2C2CCCCC21)C1C2C=CC=CC2C2CCCCC21. The van der Waals surface area contributed by atoms with Gasteiger partial charge in [0.15, 0.2) is 0 Å². The average molecular weight is 433 g/mol. The lowest BCUT2D eigenvalue weighted by atomic mass is 9.53. The van der Waals surface area contributed by atoms with Crippen LogP contribution in [0.4, 0.5) is 0 Å². The van der Waals surface area contributed by atoms with Crippen molar-refractivity contribution in [3.8, 4) is 0 Å². The van der Waals surface area contributed by atoms with E-state index in [0.29, 0.717) is 12.0 Å². The highest BCUT2D eigenvalue weighted by atomic mass is 16.2. The Hall–Kier alpha value is -1.08. The van der Waals surface area contributed by atoms with Crippen LogP contribution in [-0.2, 0) is 0 Å².